The van der Waals surface area contributed by atoms with Crippen LogP contribution < -0.4 is 3.88 Å². The Morgan fingerprint density at radius 1 is 1.60 bits per heavy atom. The quantitative estimate of drug-likeness (QED) is 0.703. The minimum atomic E-state index is 0.671. The Bertz CT molecular complexity index is 20.9. The molecule has 0 fully saturated rings. The van der Waals surface area contributed by atoms with Crippen LogP contribution in [0.25, 0.3) is 0 Å². The Morgan fingerprint density at radius 3 is 1.80 bits per heavy atom. The molecule has 1 nitrogen and oxygen atoms in total. The van der Waals surface area contributed by atoms with E-state index in [1.165, 1.54) is 20.1 Å². The molecule has 0 aromatic carbocycles. The maximum absolute atomic E-state index is 3.11. The molecule has 1 N–H and O–H groups in total. The first kappa shape index (κ1) is 5.65. The Balaban J connectivity index is 2.54. The summed E-state index contributed by atoms with van der Waals surface area (Å²) in [6, 6.07) is 0.671. The normalized spacial score (nSPS) is 9.40. The summed E-state index contributed by atoms with van der Waals surface area (Å²) in [5.74, 6) is 0. The molecule has 0 saturated heterocycles. The second-order valence-electron chi connectivity index (χ2n) is 1.27. The van der Waals surface area contributed by atoms with Gasteiger partial charge in [0.2, 0.25) is 0 Å². The van der Waals surface area contributed by atoms with Crippen LogP contribution in [0.4, 0.5) is 0 Å². The Hall–Kier alpha value is 0.648. The van der Waals surface area contributed by atoms with Crippen LogP contribution in [0.15, 0.2) is 0 Å². The van der Waals surface area contributed by atoms with Crippen LogP contribution in [0.1, 0.15) is 13.8 Å². The van der Waals surface area contributed by atoms with Gasteiger partial charge in [-0.15, -0.1) is 0 Å². The van der Waals surface area contributed by atoms with Gasteiger partial charge in [0, 0.05) is 0 Å². The van der Waals surface area contributed by atoms with E-state index in [4.69, 9.17) is 0 Å². The van der Waals surface area contributed by atoms with Crippen molar-refractivity contribution >= 4 is 0 Å². The molecule has 0 rings (SSSR count). The second kappa shape index (κ2) is 2.86. The van der Waals surface area contributed by atoms with E-state index in [0.29, 0.717) is 6.04 Å². The number of rotatable bonds is 1. The third kappa shape index (κ3) is 4.65. The van der Waals surface area contributed by atoms with Gasteiger partial charge in [0.1, 0.15) is 0 Å². The van der Waals surface area contributed by atoms with Crippen LogP contribution >= 0.6 is 0 Å². The third-order valence-corrected chi connectivity index (χ3v) is 1.93. The van der Waals surface area contributed by atoms with Crippen molar-refractivity contribution in [3.63, 3.8) is 0 Å². The van der Waals surface area contributed by atoms with Crippen molar-refractivity contribution in [2.75, 3.05) is 0 Å². The molecule has 0 aromatic heterocycles. The summed E-state index contributed by atoms with van der Waals surface area (Å²) in [6.07, 6.45) is 0. The molecule has 31 valence electrons. The van der Waals surface area contributed by atoms with Gasteiger partial charge in [-0.05, 0) is 0 Å². The standard InChI is InChI=1S/C3H8N.W/c1-3(2)4;/h3-4H,1-2H3;/q-1;+1. The molecule has 0 aromatic rings. The maximum atomic E-state index is 3.11. The molecule has 0 saturated carbocycles. The van der Waals surface area contributed by atoms with E-state index in [2.05, 4.69) is 17.7 Å². The van der Waals surface area contributed by atoms with Crippen LogP contribution in [0.5, 0.6) is 0 Å². The van der Waals surface area contributed by atoms with Gasteiger partial charge in [0.05, 0.1) is 0 Å². The average Bonchev–Trinajstić information content (AvgIpc) is 1.38. The second-order valence-corrected chi connectivity index (χ2v) is 2.12. The van der Waals surface area contributed by atoms with E-state index < -0.39 is 0 Å². The van der Waals surface area contributed by atoms with Gasteiger partial charge < -0.3 is 0 Å². The summed E-state index contributed by atoms with van der Waals surface area (Å²) >= 11 is 1.45. The van der Waals surface area contributed by atoms with Crippen molar-refractivity contribution in [2.24, 2.45) is 0 Å². The Kier molecular flexibility index (Phi) is 3.23. The summed E-state index contributed by atoms with van der Waals surface area (Å²) in [5.41, 5.74) is 0. The van der Waals surface area contributed by atoms with Crippen LogP contribution in [0.3, 0.4) is 0 Å². The van der Waals surface area contributed by atoms with Crippen molar-refractivity contribution in [3.05, 3.63) is 0 Å². The molecule has 0 unspecified atom stereocenters. The molecule has 0 bridgehead atoms. The summed E-state index contributed by atoms with van der Waals surface area (Å²) < 4.78 is 3.11. The van der Waals surface area contributed by atoms with Crippen molar-refractivity contribution in [3.8, 4) is 0 Å². The van der Waals surface area contributed by atoms with Gasteiger partial charge in [-0.1, -0.05) is 0 Å². The molecule has 0 aliphatic rings. The van der Waals surface area contributed by atoms with Gasteiger partial charge in [-0.2, -0.15) is 0 Å². The van der Waals surface area contributed by atoms with Crippen molar-refractivity contribution < 1.29 is 20.1 Å². The fourth-order valence-electron chi connectivity index (χ4n) is 0. The van der Waals surface area contributed by atoms with E-state index in [-0.39, 0.29) is 0 Å². The molecule has 0 atom stereocenters. The number of nitrogens with one attached hydrogen (secondary N) is 1. The topological polar surface area (TPSA) is 12.0 Å². The van der Waals surface area contributed by atoms with Gasteiger partial charge in [0.15, 0.2) is 0 Å². The van der Waals surface area contributed by atoms with Crippen LogP contribution in [-0.4, -0.2) is 6.04 Å². The van der Waals surface area contributed by atoms with E-state index in [0.717, 1.165) is 0 Å². The zero-order chi connectivity index (χ0) is 4.28. The van der Waals surface area contributed by atoms with E-state index in [9.17, 15) is 0 Å². The summed E-state index contributed by atoms with van der Waals surface area (Å²) in [5, 5.41) is 0. The van der Waals surface area contributed by atoms with E-state index in [1.54, 1.807) is 0 Å². The molecule has 0 aliphatic carbocycles. The average molecular weight is 242 g/mol. The first-order chi connectivity index (χ1) is 2.27. The minimum absolute atomic E-state index is 0.671. The number of hydrogen-bond acceptors (Lipinski definition) is 1. The van der Waals surface area contributed by atoms with Gasteiger partial charge in [-0.3, -0.25) is 0 Å². The number of hydrogen-bond donors (Lipinski definition) is 1. The summed E-state index contributed by atoms with van der Waals surface area (Å²) in [7, 11) is 0. The van der Waals surface area contributed by atoms with Crippen molar-refractivity contribution in [1.29, 1.82) is 0 Å². The summed E-state index contributed by atoms with van der Waals surface area (Å²) in [4.78, 5) is 0. The van der Waals surface area contributed by atoms with Gasteiger partial charge in [-0.25, -0.2) is 0 Å². The molecule has 0 aliphatic heterocycles. The molecule has 0 radical (unpaired) electrons. The fourth-order valence-corrected chi connectivity index (χ4v) is 0. The predicted octanol–water partition coefficient (Wildman–Crippen LogP) is 0.446. The molecule has 0 spiro atoms. The van der Waals surface area contributed by atoms with Gasteiger partial charge in [0.25, 0.3) is 0 Å². The monoisotopic (exact) mass is 242 g/mol. The van der Waals surface area contributed by atoms with Crippen molar-refractivity contribution in [2.45, 2.75) is 19.9 Å². The fraction of sp³-hybridized carbons (Fsp3) is 1.00. The van der Waals surface area contributed by atoms with E-state index in [1.807, 2.05) is 0 Å². The van der Waals surface area contributed by atoms with Crippen LogP contribution in [0, 0.1) is 0 Å². The molecular weight excluding hydrogens is 234 g/mol. The van der Waals surface area contributed by atoms with Gasteiger partial charge >= 0.3 is 43.8 Å². The van der Waals surface area contributed by atoms with Crippen molar-refractivity contribution in [1.82, 2.24) is 3.88 Å². The molecule has 0 heterocycles. The van der Waals surface area contributed by atoms with Crippen LogP contribution in [-0.2, 0) is 20.1 Å². The zero-order valence-corrected chi connectivity index (χ0v) is 6.42. The third-order valence-electron chi connectivity index (χ3n) is 0.236. The zero-order valence-electron chi connectivity index (χ0n) is 3.49. The Labute approximate surface area is 44.3 Å². The van der Waals surface area contributed by atoms with E-state index >= 15 is 0 Å². The Morgan fingerprint density at radius 2 is 1.80 bits per heavy atom. The molecule has 2 heteroatoms. The van der Waals surface area contributed by atoms with Crippen LogP contribution in [0.2, 0.25) is 0 Å². The first-order valence-electron chi connectivity index (χ1n) is 1.65. The predicted molar refractivity (Wildman–Crippen MR) is 18.3 cm³/mol. The summed E-state index contributed by atoms with van der Waals surface area (Å²) in [6.45, 7) is 4.26. The SMILES string of the molecule is CC(C)[NH][W]. The molecular formula is C3H8NW. The molecule has 0 amide bonds. The molecule has 5 heavy (non-hydrogen) atoms. The first-order valence-corrected chi connectivity index (χ1v) is 3.11.